The van der Waals surface area contributed by atoms with Gasteiger partial charge in [0.05, 0.1) is 18.3 Å². The molecule has 4 rings (SSSR count). The molecule has 1 aliphatic heterocycles. The van der Waals surface area contributed by atoms with Crippen molar-refractivity contribution >= 4 is 5.91 Å². The molecule has 0 saturated heterocycles. The van der Waals surface area contributed by atoms with E-state index < -0.39 is 35.7 Å². The average molecular weight is 444 g/mol. The number of nitrogens with zero attached hydrogens (tertiary/aromatic N) is 5. The van der Waals surface area contributed by atoms with Gasteiger partial charge in [0.2, 0.25) is 0 Å². The van der Waals surface area contributed by atoms with Gasteiger partial charge in [0.15, 0.2) is 5.69 Å². The van der Waals surface area contributed by atoms with Crippen LogP contribution in [0, 0.1) is 0 Å². The molecule has 0 radical (unpaired) electrons. The first-order chi connectivity index (χ1) is 14.4. The summed E-state index contributed by atoms with van der Waals surface area (Å²) < 4.78 is 79.3. The van der Waals surface area contributed by atoms with Crippen molar-refractivity contribution in [1.82, 2.24) is 29.9 Å². The molecule has 0 fully saturated rings. The Hall–Kier alpha value is -3.38. The molecule has 0 bridgehead atoms. The Balaban J connectivity index is 1.46. The van der Waals surface area contributed by atoms with Gasteiger partial charge >= 0.3 is 12.4 Å². The number of carbonyl (C=O) groups excluding carboxylic acids is 1. The average Bonchev–Trinajstić information content (AvgIpc) is 3.33. The van der Waals surface area contributed by atoms with E-state index in [1.165, 1.54) is 13.1 Å². The number of carbonyl (C=O) groups is 1. The number of nitrogens with one attached hydrogen (secondary N) is 1. The van der Waals surface area contributed by atoms with Gasteiger partial charge in [-0.05, 0) is 18.2 Å². The molecule has 7 nitrogen and oxygen atoms in total. The number of rotatable bonds is 3. The van der Waals surface area contributed by atoms with Crippen LogP contribution < -0.4 is 5.32 Å². The third-order valence-electron chi connectivity index (χ3n) is 4.80. The summed E-state index contributed by atoms with van der Waals surface area (Å²) in [5, 5.41) is 10.2. The SMILES string of the molecule is Cn1nc(C(F)(F)F)cc1C(=O)N[C@H]1Cc2cc(-c3ccnc(C(F)(F)F)c3)nn2C1. The van der Waals surface area contributed by atoms with E-state index in [0.717, 1.165) is 16.9 Å². The van der Waals surface area contributed by atoms with Crippen LogP contribution in [0.1, 0.15) is 27.6 Å². The van der Waals surface area contributed by atoms with Crippen molar-refractivity contribution in [2.24, 2.45) is 7.05 Å². The lowest BCUT2D eigenvalue weighted by atomic mass is 10.1. The van der Waals surface area contributed by atoms with Crippen molar-refractivity contribution in [3.8, 4) is 11.3 Å². The monoisotopic (exact) mass is 444 g/mol. The molecule has 0 saturated carbocycles. The first kappa shape index (κ1) is 20.9. The fraction of sp³-hybridized carbons (Fsp3) is 0.333. The van der Waals surface area contributed by atoms with Crippen molar-refractivity contribution in [2.45, 2.75) is 31.4 Å². The molecule has 0 unspecified atom stereocenters. The zero-order chi connectivity index (χ0) is 22.6. The second kappa shape index (κ2) is 7.10. The van der Waals surface area contributed by atoms with Crippen molar-refractivity contribution in [3.63, 3.8) is 0 Å². The summed E-state index contributed by atoms with van der Waals surface area (Å²) in [4.78, 5) is 15.7. The largest absolute Gasteiger partial charge is 0.435 e. The van der Waals surface area contributed by atoms with Crippen LogP contribution in [0.15, 0.2) is 30.5 Å². The lowest BCUT2D eigenvalue weighted by molar-refractivity contribution is -0.142. The minimum atomic E-state index is -4.67. The maximum absolute atomic E-state index is 12.9. The number of halogens is 6. The Morgan fingerprint density at radius 2 is 1.77 bits per heavy atom. The fourth-order valence-electron chi connectivity index (χ4n) is 3.36. The normalized spacial score (nSPS) is 16.4. The van der Waals surface area contributed by atoms with Gasteiger partial charge in [0.25, 0.3) is 5.91 Å². The first-order valence-electron chi connectivity index (χ1n) is 8.94. The van der Waals surface area contributed by atoms with Crippen LogP contribution in [0.4, 0.5) is 26.3 Å². The van der Waals surface area contributed by atoms with Crippen LogP contribution in [0.3, 0.4) is 0 Å². The molecule has 3 aromatic heterocycles. The summed E-state index contributed by atoms with van der Waals surface area (Å²) in [5.41, 5.74) is -1.19. The number of aryl methyl sites for hydroxylation is 1. The number of alkyl halides is 6. The number of aromatic nitrogens is 5. The Bertz CT molecular complexity index is 1120. The lowest BCUT2D eigenvalue weighted by Gasteiger charge is -2.12. The minimum Gasteiger partial charge on any atom is -0.346 e. The van der Waals surface area contributed by atoms with E-state index in [1.807, 2.05) is 0 Å². The number of hydrogen-bond acceptors (Lipinski definition) is 4. The van der Waals surface area contributed by atoms with Crippen LogP contribution in [0.2, 0.25) is 0 Å². The molecule has 3 aromatic rings. The molecule has 0 aromatic carbocycles. The maximum Gasteiger partial charge on any atom is 0.435 e. The quantitative estimate of drug-likeness (QED) is 0.630. The summed E-state index contributed by atoms with van der Waals surface area (Å²) in [5.74, 6) is -0.717. The van der Waals surface area contributed by atoms with Gasteiger partial charge in [-0.15, -0.1) is 0 Å². The van der Waals surface area contributed by atoms with Crippen molar-refractivity contribution in [2.75, 3.05) is 0 Å². The van der Waals surface area contributed by atoms with Crippen LogP contribution in [-0.2, 0) is 32.4 Å². The molecule has 1 atom stereocenters. The number of pyridine rings is 1. The minimum absolute atomic E-state index is 0.224. The molecule has 0 aliphatic carbocycles. The lowest BCUT2D eigenvalue weighted by Crippen LogP contribution is -2.37. The van der Waals surface area contributed by atoms with Crippen LogP contribution >= 0.6 is 0 Å². The van der Waals surface area contributed by atoms with Gasteiger partial charge in [-0.2, -0.15) is 36.5 Å². The van der Waals surface area contributed by atoms with Crippen molar-refractivity contribution in [3.05, 3.63) is 53.2 Å². The van der Waals surface area contributed by atoms with Crippen LogP contribution in [0.25, 0.3) is 11.3 Å². The first-order valence-corrected chi connectivity index (χ1v) is 8.94. The summed E-state index contributed by atoms with van der Waals surface area (Å²) in [6.07, 6.45) is -7.87. The highest BCUT2D eigenvalue weighted by molar-refractivity contribution is 5.93. The highest BCUT2D eigenvalue weighted by Crippen LogP contribution is 2.31. The van der Waals surface area contributed by atoms with Crippen molar-refractivity contribution in [1.29, 1.82) is 0 Å². The topological polar surface area (TPSA) is 77.6 Å². The number of fused-ring (bicyclic) bond motifs is 1. The molecule has 31 heavy (non-hydrogen) atoms. The summed E-state index contributed by atoms with van der Waals surface area (Å²) >= 11 is 0. The summed E-state index contributed by atoms with van der Waals surface area (Å²) in [6.45, 7) is 0.224. The molecule has 0 spiro atoms. The van der Waals surface area contributed by atoms with Gasteiger partial charge < -0.3 is 5.32 Å². The van der Waals surface area contributed by atoms with Gasteiger partial charge in [-0.1, -0.05) is 0 Å². The molecule has 1 N–H and O–H groups in total. The molecule has 1 aliphatic rings. The fourth-order valence-corrected chi connectivity index (χ4v) is 3.36. The Morgan fingerprint density at radius 3 is 2.39 bits per heavy atom. The number of hydrogen-bond donors (Lipinski definition) is 1. The van der Waals surface area contributed by atoms with E-state index in [9.17, 15) is 31.1 Å². The van der Waals surface area contributed by atoms with Gasteiger partial charge in [-0.3, -0.25) is 19.1 Å². The van der Waals surface area contributed by atoms with Crippen LogP contribution in [0.5, 0.6) is 0 Å². The van der Waals surface area contributed by atoms with E-state index in [-0.39, 0.29) is 17.8 Å². The Kier molecular flexibility index (Phi) is 4.78. The van der Waals surface area contributed by atoms with Crippen LogP contribution in [-0.4, -0.2) is 36.5 Å². The van der Waals surface area contributed by atoms with E-state index in [4.69, 9.17) is 0 Å². The maximum atomic E-state index is 12.9. The smallest absolute Gasteiger partial charge is 0.346 e. The third kappa shape index (κ3) is 4.11. The van der Waals surface area contributed by atoms with Gasteiger partial charge in [-0.25, -0.2) is 0 Å². The van der Waals surface area contributed by atoms with E-state index in [1.54, 1.807) is 10.7 Å². The number of amides is 1. The molecule has 1 amide bonds. The van der Waals surface area contributed by atoms with Crippen molar-refractivity contribution < 1.29 is 31.1 Å². The summed E-state index contributed by atoms with van der Waals surface area (Å²) in [7, 11) is 1.24. The van der Waals surface area contributed by atoms with Gasteiger partial charge in [0.1, 0.15) is 11.4 Å². The standard InChI is InChI=1S/C18H14F6N6O/c1-29-13(7-15(28-29)18(22,23)24)16(31)26-10-5-11-6-12(27-30(11)8-10)9-2-3-25-14(4-9)17(19,20)21/h2-4,6-7,10H,5,8H2,1H3,(H,26,31)/t10-/m0/s1. The zero-order valence-corrected chi connectivity index (χ0v) is 15.8. The molecular formula is C18H14F6N6O. The van der Waals surface area contributed by atoms with Gasteiger partial charge in [0, 0.05) is 37.0 Å². The Morgan fingerprint density at radius 1 is 1.06 bits per heavy atom. The second-order valence-electron chi connectivity index (χ2n) is 7.04. The van der Waals surface area contributed by atoms with E-state index in [2.05, 4.69) is 20.5 Å². The zero-order valence-electron chi connectivity index (χ0n) is 15.8. The molecular weight excluding hydrogens is 430 g/mol. The third-order valence-corrected chi connectivity index (χ3v) is 4.80. The Labute approximate surface area is 170 Å². The predicted molar refractivity (Wildman–Crippen MR) is 93.6 cm³/mol. The molecule has 13 heteroatoms. The second-order valence-corrected chi connectivity index (χ2v) is 7.04. The van der Waals surface area contributed by atoms with E-state index >= 15 is 0 Å². The highest BCUT2D eigenvalue weighted by Gasteiger charge is 2.36. The predicted octanol–water partition coefficient (Wildman–Crippen LogP) is 3.07. The highest BCUT2D eigenvalue weighted by atomic mass is 19.4. The molecule has 164 valence electrons. The molecule has 4 heterocycles. The summed E-state index contributed by atoms with van der Waals surface area (Å²) in [6, 6.07) is 4.15. The van der Waals surface area contributed by atoms with E-state index in [0.29, 0.717) is 23.9 Å².